The number of carbonyl (C=O) groups excluding carboxylic acids is 2. The van der Waals surface area contributed by atoms with E-state index in [1.54, 1.807) is 18.2 Å². The molecule has 0 radical (unpaired) electrons. The van der Waals surface area contributed by atoms with Crippen LogP contribution in [0.5, 0.6) is 0 Å². The number of rotatable bonds is 1. The Morgan fingerprint density at radius 1 is 1.39 bits per heavy atom. The number of aliphatic hydroxyl groups is 1. The molecule has 1 aromatic rings. The number of ketones is 1. The van der Waals surface area contributed by atoms with Gasteiger partial charge < -0.3 is 10.4 Å². The maximum Gasteiger partial charge on any atom is 0.261 e. The first-order valence-electron chi connectivity index (χ1n) is 5.90. The lowest BCUT2D eigenvalue weighted by atomic mass is 9.80. The Labute approximate surface area is 109 Å². The number of hydrogen-bond acceptors (Lipinski definition) is 3. The molecule has 2 aliphatic rings. The molecule has 0 bridgehead atoms. The minimum Gasteiger partial charge on any atom is -0.375 e. The van der Waals surface area contributed by atoms with E-state index in [1.165, 1.54) is 0 Å². The molecule has 1 aliphatic carbocycles. The molecule has 1 aromatic carbocycles. The molecule has 1 amide bonds. The third-order valence-electron chi connectivity index (χ3n) is 3.80. The molecule has 2 N–H and O–H groups in total. The lowest BCUT2D eigenvalue weighted by Gasteiger charge is -2.26. The number of amides is 1. The van der Waals surface area contributed by atoms with Crippen LogP contribution in [0.2, 0.25) is 5.02 Å². The highest BCUT2D eigenvalue weighted by atomic mass is 35.5. The SMILES string of the molecule is O=C1CCCC1C1(O)C(=O)Nc2ccc(Cl)cc21. The van der Waals surface area contributed by atoms with Gasteiger partial charge in [-0.25, -0.2) is 0 Å². The monoisotopic (exact) mass is 265 g/mol. The molecule has 2 atom stereocenters. The van der Waals surface area contributed by atoms with Crippen molar-refractivity contribution in [3.63, 3.8) is 0 Å². The van der Waals surface area contributed by atoms with E-state index in [-0.39, 0.29) is 5.78 Å². The summed E-state index contributed by atoms with van der Waals surface area (Å²) in [5, 5.41) is 13.8. The summed E-state index contributed by atoms with van der Waals surface area (Å²) in [6, 6.07) is 4.84. The average Bonchev–Trinajstić information content (AvgIpc) is 2.85. The fourth-order valence-corrected chi connectivity index (χ4v) is 3.06. The van der Waals surface area contributed by atoms with Crippen LogP contribution in [0.15, 0.2) is 18.2 Å². The van der Waals surface area contributed by atoms with Gasteiger partial charge in [-0.3, -0.25) is 9.59 Å². The van der Waals surface area contributed by atoms with Crippen LogP contribution in [-0.4, -0.2) is 16.8 Å². The summed E-state index contributed by atoms with van der Waals surface area (Å²) in [5.74, 6) is -1.24. The van der Waals surface area contributed by atoms with E-state index in [0.717, 1.165) is 6.42 Å². The molecular formula is C13H12ClNO3. The number of benzene rings is 1. The zero-order chi connectivity index (χ0) is 12.9. The molecule has 2 unspecified atom stereocenters. The van der Waals surface area contributed by atoms with Crippen molar-refractivity contribution < 1.29 is 14.7 Å². The zero-order valence-electron chi connectivity index (χ0n) is 9.57. The van der Waals surface area contributed by atoms with Gasteiger partial charge in [0.05, 0.1) is 5.92 Å². The van der Waals surface area contributed by atoms with Gasteiger partial charge in [-0.15, -0.1) is 0 Å². The van der Waals surface area contributed by atoms with Crippen molar-refractivity contribution in [3.8, 4) is 0 Å². The topological polar surface area (TPSA) is 66.4 Å². The number of carbonyl (C=O) groups is 2. The molecule has 0 spiro atoms. The van der Waals surface area contributed by atoms with E-state index in [9.17, 15) is 14.7 Å². The van der Waals surface area contributed by atoms with E-state index in [2.05, 4.69) is 5.32 Å². The Kier molecular flexibility index (Phi) is 2.47. The van der Waals surface area contributed by atoms with Crippen LogP contribution in [0, 0.1) is 5.92 Å². The molecule has 4 nitrogen and oxygen atoms in total. The lowest BCUT2D eigenvalue weighted by Crippen LogP contribution is -2.43. The molecule has 1 fully saturated rings. The van der Waals surface area contributed by atoms with Gasteiger partial charge in [0.2, 0.25) is 0 Å². The highest BCUT2D eigenvalue weighted by Gasteiger charge is 2.54. The van der Waals surface area contributed by atoms with Crippen molar-refractivity contribution in [1.82, 2.24) is 0 Å². The van der Waals surface area contributed by atoms with Gasteiger partial charge in [0, 0.05) is 22.7 Å². The fraction of sp³-hybridized carbons (Fsp3) is 0.385. The maximum atomic E-state index is 12.0. The van der Waals surface area contributed by atoms with Crippen LogP contribution in [-0.2, 0) is 15.2 Å². The van der Waals surface area contributed by atoms with E-state index in [4.69, 9.17) is 11.6 Å². The molecule has 3 rings (SSSR count). The van der Waals surface area contributed by atoms with Crippen LogP contribution in [0.1, 0.15) is 24.8 Å². The lowest BCUT2D eigenvalue weighted by molar-refractivity contribution is -0.146. The standard InChI is InChI=1S/C13H12ClNO3/c14-7-4-5-10-9(6-7)13(18,12(17)15-10)8-2-1-3-11(8)16/h4-6,8,18H,1-3H2,(H,15,17). The second-order valence-corrected chi connectivity index (χ2v) is 5.26. The van der Waals surface area contributed by atoms with Crippen LogP contribution in [0.3, 0.4) is 0 Å². The quantitative estimate of drug-likeness (QED) is 0.814. The molecular weight excluding hydrogens is 254 g/mol. The van der Waals surface area contributed by atoms with Gasteiger partial charge >= 0.3 is 0 Å². The van der Waals surface area contributed by atoms with Crippen molar-refractivity contribution in [2.24, 2.45) is 5.92 Å². The third kappa shape index (κ3) is 1.42. The largest absolute Gasteiger partial charge is 0.375 e. The first-order chi connectivity index (χ1) is 8.53. The molecule has 5 heteroatoms. The van der Waals surface area contributed by atoms with Gasteiger partial charge in [0.1, 0.15) is 5.78 Å². The number of halogens is 1. The molecule has 0 aromatic heterocycles. The van der Waals surface area contributed by atoms with Gasteiger partial charge in [-0.05, 0) is 31.0 Å². The number of hydrogen-bond donors (Lipinski definition) is 2. The van der Waals surface area contributed by atoms with Crippen molar-refractivity contribution in [1.29, 1.82) is 0 Å². The number of Topliss-reactive ketones (excluding diaryl/α,β-unsaturated/α-hetero) is 1. The number of fused-ring (bicyclic) bond motifs is 1. The Balaban J connectivity index is 2.14. The predicted molar refractivity (Wildman–Crippen MR) is 66.3 cm³/mol. The predicted octanol–water partition coefficient (Wildman–Crippen LogP) is 1.85. The molecule has 18 heavy (non-hydrogen) atoms. The first-order valence-corrected chi connectivity index (χ1v) is 6.28. The van der Waals surface area contributed by atoms with Gasteiger partial charge in [0.25, 0.3) is 5.91 Å². The summed E-state index contributed by atoms with van der Waals surface area (Å²) in [4.78, 5) is 23.9. The van der Waals surface area contributed by atoms with E-state index >= 15 is 0 Å². The molecule has 94 valence electrons. The Hall–Kier alpha value is -1.39. The van der Waals surface area contributed by atoms with E-state index in [1.807, 2.05) is 0 Å². The van der Waals surface area contributed by atoms with Crippen LogP contribution < -0.4 is 5.32 Å². The summed E-state index contributed by atoms with van der Waals surface area (Å²) in [7, 11) is 0. The minimum atomic E-state index is -1.76. The van der Waals surface area contributed by atoms with Crippen LogP contribution in [0.4, 0.5) is 5.69 Å². The second-order valence-electron chi connectivity index (χ2n) is 4.82. The molecule has 1 saturated carbocycles. The minimum absolute atomic E-state index is 0.0551. The number of anilines is 1. The number of nitrogens with one attached hydrogen (secondary N) is 1. The van der Waals surface area contributed by atoms with Gasteiger partial charge in [-0.1, -0.05) is 11.6 Å². The van der Waals surface area contributed by atoms with Crippen LogP contribution >= 0.6 is 11.6 Å². The summed E-state index contributed by atoms with van der Waals surface area (Å²) >= 11 is 5.91. The average molecular weight is 266 g/mol. The Morgan fingerprint density at radius 3 is 2.83 bits per heavy atom. The summed E-state index contributed by atoms with van der Waals surface area (Å²) < 4.78 is 0. The summed E-state index contributed by atoms with van der Waals surface area (Å²) in [6.07, 6.45) is 1.68. The maximum absolute atomic E-state index is 12.0. The molecule has 1 aliphatic heterocycles. The molecule has 1 heterocycles. The third-order valence-corrected chi connectivity index (χ3v) is 4.03. The van der Waals surface area contributed by atoms with Crippen LogP contribution in [0.25, 0.3) is 0 Å². The Bertz CT molecular complexity index is 557. The van der Waals surface area contributed by atoms with E-state index < -0.39 is 17.4 Å². The summed E-state index contributed by atoms with van der Waals surface area (Å²) in [5.41, 5.74) is -0.805. The van der Waals surface area contributed by atoms with Crippen molar-refractivity contribution in [2.45, 2.75) is 24.9 Å². The van der Waals surface area contributed by atoms with Gasteiger partial charge in [-0.2, -0.15) is 0 Å². The van der Waals surface area contributed by atoms with E-state index in [0.29, 0.717) is 29.1 Å². The second kappa shape index (κ2) is 3.80. The van der Waals surface area contributed by atoms with Crippen molar-refractivity contribution in [3.05, 3.63) is 28.8 Å². The first kappa shape index (κ1) is 11.7. The smallest absolute Gasteiger partial charge is 0.261 e. The molecule has 0 saturated heterocycles. The van der Waals surface area contributed by atoms with Crippen molar-refractivity contribution in [2.75, 3.05) is 5.32 Å². The summed E-state index contributed by atoms with van der Waals surface area (Å²) in [6.45, 7) is 0. The highest BCUT2D eigenvalue weighted by molar-refractivity contribution is 6.31. The van der Waals surface area contributed by atoms with Gasteiger partial charge in [0.15, 0.2) is 5.60 Å². The fourth-order valence-electron chi connectivity index (χ4n) is 2.88. The highest BCUT2D eigenvalue weighted by Crippen LogP contribution is 2.46. The Morgan fingerprint density at radius 2 is 2.17 bits per heavy atom. The van der Waals surface area contributed by atoms with Crippen molar-refractivity contribution >= 4 is 29.0 Å². The zero-order valence-corrected chi connectivity index (χ0v) is 10.3. The normalized spacial score (nSPS) is 30.4.